The molecule has 0 radical (unpaired) electrons. The molecule has 2 aromatic carbocycles. The van der Waals surface area contributed by atoms with Crippen molar-refractivity contribution in [2.24, 2.45) is 0 Å². The molecule has 1 aromatic heterocycles. The van der Waals surface area contributed by atoms with E-state index in [0.29, 0.717) is 11.5 Å². The van der Waals surface area contributed by atoms with E-state index in [9.17, 15) is 4.79 Å². The third-order valence-corrected chi connectivity index (χ3v) is 3.46. The summed E-state index contributed by atoms with van der Waals surface area (Å²) >= 11 is 0. The normalized spacial score (nSPS) is 11.9. The van der Waals surface area contributed by atoms with E-state index in [1.54, 1.807) is 19.1 Å². The van der Waals surface area contributed by atoms with Crippen LogP contribution in [0.3, 0.4) is 0 Å². The first-order chi connectivity index (χ1) is 11.1. The molecular weight excluding hydrogens is 292 g/mol. The predicted octanol–water partition coefficient (Wildman–Crippen LogP) is 3.96. The van der Waals surface area contributed by atoms with Crippen molar-refractivity contribution >= 4 is 5.97 Å². The van der Waals surface area contributed by atoms with Crippen LogP contribution >= 0.6 is 0 Å². The first kappa shape index (κ1) is 15.0. The van der Waals surface area contributed by atoms with Gasteiger partial charge in [0.25, 0.3) is 5.89 Å². The lowest BCUT2D eigenvalue weighted by Gasteiger charge is -2.10. The Balaban J connectivity index is 1.74. The van der Waals surface area contributed by atoms with E-state index in [2.05, 4.69) is 10.2 Å². The largest absolute Gasteiger partial charge is 0.449 e. The third kappa shape index (κ3) is 3.29. The zero-order valence-electron chi connectivity index (χ0n) is 12.9. The summed E-state index contributed by atoms with van der Waals surface area (Å²) in [7, 11) is 0. The van der Waals surface area contributed by atoms with E-state index in [-0.39, 0.29) is 5.89 Å². The molecule has 0 aliphatic rings. The second-order valence-corrected chi connectivity index (χ2v) is 5.17. The van der Waals surface area contributed by atoms with Crippen molar-refractivity contribution in [3.05, 3.63) is 71.6 Å². The van der Waals surface area contributed by atoms with Crippen molar-refractivity contribution in [2.75, 3.05) is 0 Å². The minimum Gasteiger partial charge on any atom is -0.449 e. The van der Waals surface area contributed by atoms with Crippen LogP contribution in [0, 0.1) is 6.92 Å². The molecule has 0 fully saturated rings. The summed E-state index contributed by atoms with van der Waals surface area (Å²) in [4.78, 5) is 12.2. The van der Waals surface area contributed by atoms with Crippen LogP contribution in [0.1, 0.15) is 34.8 Å². The highest BCUT2D eigenvalue weighted by Crippen LogP contribution is 2.23. The van der Waals surface area contributed by atoms with E-state index in [4.69, 9.17) is 9.15 Å². The average molecular weight is 308 g/mol. The van der Waals surface area contributed by atoms with Crippen LogP contribution in [0.25, 0.3) is 11.5 Å². The molecule has 5 heteroatoms. The highest BCUT2D eigenvalue weighted by molar-refractivity contribution is 5.91. The van der Waals surface area contributed by atoms with Crippen molar-refractivity contribution in [2.45, 2.75) is 20.0 Å². The van der Waals surface area contributed by atoms with Crippen molar-refractivity contribution in [3.8, 4) is 11.5 Å². The number of esters is 1. The summed E-state index contributed by atoms with van der Waals surface area (Å²) in [5.41, 5.74) is 2.21. The fraction of sp³-hybridized carbons (Fsp3) is 0.167. The first-order valence-electron chi connectivity index (χ1n) is 7.30. The summed E-state index contributed by atoms with van der Waals surface area (Å²) in [6.07, 6.45) is -0.618. The van der Waals surface area contributed by atoms with Gasteiger partial charge in [-0.25, -0.2) is 4.79 Å². The van der Waals surface area contributed by atoms with Gasteiger partial charge in [0.2, 0.25) is 5.89 Å². The second-order valence-electron chi connectivity index (χ2n) is 5.17. The molecule has 1 heterocycles. The average Bonchev–Trinajstić information content (AvgIpc) is 3.06. The van der Waals surface area contributed by atoms with Gasteiger partial charge in [-0.15, -0.1) is 10.2 Å². The third-order valence-electron chi connectivity index (χ3n) is 3.46. The van der Waals surface area contributed by atoms with Gasteiger partial charge in [-0.1, -0.05) is 36.4 Å². The van der Waals surface area contributed by atoms with Gasteiger partial charge in [-0.2, -0.15) is 0 Å². The molecule has 0 aliphatic heterocycles. The number of hydrogen-bond acceptors (Lipinski definition) is 5. The quantitative estimate of drug-likeness (QED) is 0.682. The van der Waals surface area contributed by atoms with Crippen LogP contribution in [-0.4, -0.2) is 16.2 Å². The van der Waals surface area contributed by atoms with Crippen LogP contribution in [0.2, 0.25) is 0 Å². The van der Waals surface area contributed by atoms with E-state index in [0.717, 1.165) is 11.1 Å². The number of aryl methyl sites for hydroxylation is 1. The molecule has 23 heavy (non-hydrogen) atoms. The highest BCUT2D eigenvalue weighted by Gasteiger charge is 2.20. The van der Waals surface area contributed by atoms with E-state index in [1.807, 2.05) is 49.4 Å². The maximum absolute atomic E-state index is 12.2. The summed E-state index contributed by atoms with van der Waals surface area (Å²) in [6, 6.07) is 16.7. The molecule has 0 bridgehead atoms. The van der Waals surface area contributed by atoms with Crippen LogP contribution in [0.5, 0.6) is 0 Å². The van der Waals surface area contributed by atoms with Crippen molar-refractivity contribution in [3.63, 3.8) is 0 Å². The Morgan fingerprint density at radius 3 is 2.48 bits per heavy atom. The summed E-state index contributed by atoms with van der Waals surface area (Å²) in [5.74, 6) is 0.264. The Morgan fingerprint density at radius 2 is 1.74 bits per heavy atom. The lowest BCUT2D eigenvalue weighted by molar-refractivity contribution is 0.0279. The summed E-state index contributed by atoms with van der Waals surface area (Å²) in [6.45, 7) is 3.57. The van der Waals surface area contributed by atoms with Gasteiger partial charge in [0, 0.05) is 5.56 Å². The molecule has 5 nitrogen and oxygen atoms in total. The molecule has 3 rings (SSSR count). The summed E-state index contributed by atoms with van der Waals surface area (Å²) in [5, 5.41) is 7.96. The zero-order valence-corrected chi connectivity index (χ0v) is 12.9. The maximum Gasteiger partial charge on any atom is 0.339 e. The van der Waals surface area contributed by atoms with E-state index in [1.165, 1.54) is 0 Å². The van der Waals surface area contributed by atoms with Crippen LogP contribution < -0.4 is 0 Å². The standard InChI is InChI=1S/C18H16N2O3/c1-12-8-6-7-11-15(12)18(21)22-13(2)16-19-20-17(23-16)14-9-4-3-5-10-14/h3-11,13H,1-2H3. The fourth-order valence-corrected chi connectivity index (χ4v) is 2.17. The Hall–Kier alpha value is -2.95. The van der Waals surface area contributed by atoms with Crippen molar-refractivity contribution < 1.29 is 13.9 Å². The minimum atomic E-state index is -0.618. The van der Waals surface area contributed by atoms with E-state index < -0.39 is 12.1 Å². The van der Waals surface area contributed by atoms with Crippen LogP contribution in [0.15, 0.2) is 59.0 Å². The number of hydrogen-bond donors (Lipinski definition) is 0. The van der Waals surface area contributed by atoms with Gasteiger partial charge in [0.15, 0.2) is 6.10 Å². The maximum atomic E-state index is 12.2. The molecule has 1 atom stereocenters. The van der Waals surface area contributed by atoms with E-state index >= 15 is 0 Å². The first-order valence-corrected chi connectivity index (χ1v) is 7.30. The lowest BCUT2D eigenvalue weighted by atomic mass is 10.1. The predicted molar refractivity (Wildman–Crippen MR) is 84.7 cm³/mol. The number of ether oxygens (including phenoxy) is 1. The zero-order chi connectivity index (χ0) is 16.2. The number of aromatic nitrogens is 2. The smallest absolute Gasteiger partial charge is 0.339 e. The molecule has 0 aliphatic carbocycles. The molecule has 0 saturated heterocycles. The number of carbonyl (C=O) groups is 1. The minimum absolute atomic E-state index is 0.269. The Bertz CT molecular complexity index is 812. The molecule has 0 N–H and O–H groups in total. The second kappa shape index (κ2) is 6.44. The topological polar surface area (TPSA) is 65.2 Å². The molecule has 3 aromatic rings. The molecular formula is C18H16N2O3. The fourth-order valence-electron chi connectivity index (χ4n) is 2.17. The van der Waals surface area contributed by atoms with Crippen LogP contribution in [-0.2, 0) is 4.74 Å². The number of benzene rings is 2. The Labute approximate surface area is 133 Å². The summed E-state index contributed by atoms with van der Waals surface area (Å²) < 4.78 is 11.0. The van der Waals surface area contributed by atoms with Gasteiger partial charge in [0.05, 0.1) is 5.56 Å². The van der Waals surface area contributed by atoms with Gasteiger partial charge in [-0.05, 0) is 37.6 Å². The molecule has 1 unspecified atom stereocenters. The number of nitrogens with zero attached hydrogens (tertiary/aromatic N) is 2. The number of carbonyl (C=O) groups excluding carboxylic acids is 1. The Morgan fingerprint density at radius 1 is 1.04 bits per heavy atom. The molecule has 116 valence electrons. The van der Waals surface area contributed by atoms with Crippen molar-refractivity contribution in [1.29, 1.82) is 0 Å². The van der Waals surface area contributed by atoms with Crippen molar-refractivity contribution in [1.82, 2.24) is 10.2 Å². The Kier molecular flexibility index (Phi) is 4.19. The SMILES string of the molecule is Cc1ccccc1C(=O)OC(C)c1nnc(-c2ccccc2)o1. The van der Waals surface area contributed by atoms with Gasteiger partial charge in [-0.3, -0.25) is 0 Å². The lowest BCUT2D eigenvalue weighted by Crippen LogP contribution is -2.10. The van der Waals surface area contributed by atoms with Crippen LogP contribution in [0.4, 0.5) is 0 Å². The highest BCUT2D eigenvalue weighted by atomic mass is 16.6. The molecule has 0 spiro atoms. The van der Waals surface area contributed by atoms with Gasteiger partial charge >= 0.3 is 5.97 Å². The van der Waals surface area contributed by atoms with Gasteiger partial charge < -0.3 is 9.15 Å². The molecule has 0 amide bonds. The molecule has 0 saturated carbocycles. The number of rotatable bonds is 4. The monoisotopic (exact) mass is 308 g/mol. The van der Waals surface area contributed by atoms with Gasteiger partial charge in [0.1, 0.15) is 0 Å².